The smallest absolute Gasteiger partial charge is 0.377 e. The summed E-state index contributed by atoms with van der Waals surface area (Å²) in [4.78, 5) is 0. The molecule has 0 atom stereocenters. The third kappa shape index (κ3) is 5.68. The number of rotatable bonds is 4. The Balaban J connectivity index is 2.02. The summed E-state index contributed by atoms with van der Waals surface area (Å²) in [5.41, 5.74) is 6.34. The topological polar surface area (TPSA) is 50.7 Å². The molecule has 3 nitrogen and oxygen atoms in total. The fourth-order valence-electron chi connectivity index (χ4n) is 1.73. The van der Waals surface area contributed by atoms with E-state index < -0.39 is 11.7 Å². The summed E-state index contributed by atoms with van der Waals surface area (Å²) < 4.78 is 38.6. The van der Waals surface area contributed by atoms with E-state index in [-0.39, 0.29) is 10.7 Å². The first-order valence-corrected chi connectivity index (χ1v) is 8.54. The molecule has 24 heavy (non-hydrogen) atoms. The maximum absolute atomic E-state index is 12.7. The Morgan fingerprint density at radius 3 is 2.54 bits per heavy atom. The van der Waals surface area contributed by atoms with Crippen LogP contribution < -0.4 is 5.73 Å². The second kappa shape index (κ2) is 8.34. The molecule has 0 unspecified atom stereocenters. The lowest BCUT2D eigenvalue weighted by Gasteiger charge is -2.07. The number of hydrogen-bond acceptors (Lipinski definition) is 3. The Morgan fingerprint density at radius 1 is 1.17 bits per heavy atom. The highest BCUT2D eigenvalue weighted by molar-refractivity contribution is 9.10. The van der Waals surface area contributed by atoms with E-state index in [9.17, 15) is 13.2 Å². The van der Waals surface area contributed by atoms with Gasteiger partial charge >= 0.3 is 6.18 Å². The minimum Gasteiger partial charge on any atom is -0.377 e. The summed E-state index contributed by atoms with van der Waals surface area (Å²) in [5.74, 6) is 0.638. The van der Waals surface area contributed by atoms with Crippen LogP contribution in [-0.2, 0) is 11.9 Å². The molecular formula is C16H13BrF3N3S. The summed E-state index contributed by atoms with van der Waals surface area (Å²) in [6.45, 7) is 0. The van der Waals surface area contributed by atoms with Crippen molar-refractivity contribution < 1.29 is 13.2 Å². The molecule has 0 radical (unpaired) electrons. The molecule has 2 N–H and O–H groups in total. The normalized spacial score (nSPS) is 12.8. The molecule has 0 amide bonds. The third-order valence-electron chi connectivity index (χ3n) is 2.91. The molecule has 8 heteroatoms. The predicted molar refractivity (Wildman–Crippen MR) is 96.1 cm³/mol. The predicted octanol–water partition coefficient (Wildman–Crippen LogP) is 5.05. The van der Waals surface area contributed by atoms with Gasteiger partial charge in [0.25, 0.3) is 0 Å². The van der Waals surface area contributed by atoms with Gasteiger partial charge in [0.05, 0.1) is 11.8 Å². The summed E-state index contributed by atoms with van der Waals surface area (Å²) in [5, 5.41) is 7.78. The van der Waals surface area contributed by atoms with E-state index in [0.717, 1.165) is 17.7 Å². The van der Waals surface area contributed by atoms with Crippen LogP contribution >= 0.6 is 27.7 Å². The van der Waals surface area contributed by atoms with Crippen LogP contribution in [0.25, 0.3) is 0 Å². The summed E-state index contributed by atoms with van der Waals surface area (Å²) >= 11 is 4.48. The van der Waals surface area contributed by atoms with Gasteiger partial charge in [0.15, 0.2) is 5.17 Å². The number of alkyl halides is 3. The van der Waals surface area contributed by atoms with Gasteiger partial charge in [-0.25, -0.2) is 0 Å². The lowest BCUT2D eigenvalue weighted by molar-refractivity contribution is -0.137. The quantitative estimate of drug-likeness (QED) is 0.431. The number of nitrogens with zero attached hydrogens (tertiary/aromatic N) is 2. The van der Waals surface area contributed by atoms with Crippen molar-refractivity contribution in [2.24, 2.45) is 15.9 Å². The fraction of sp³-hybridized carbons (Fsp3) is 0.125. The van der Waals surface area contributed by atoms with Crippen molar-refractivity contribution >= 4 is 39.1 Å². The van der Waals surface area contributed by atoms with Gasteiger partial charge in [0.1, 0.15) is 0 Å². The third-order valence-corrected chi connectivity index (χ3v) is 4.48. The van der Waals surface area contributed by atoms with Gasteiger partial charge in [0, 0.05) is 15.8 Å². The Labute approximate surface area is 150 Å². The molecule has 2 aromatic carbocycles. The zero-order valence-electron chi connectivity index (χ0n) is 12.3. The molecule has 2 aromatic rings. The molecule has 0 aliphatic rings. The first-order valence-electron chi connectivity index (χ1n) is 6.76. The molecular weight excluding hydrogens is 403 g/mol. The number of nitrogens with two attached hydrogens (primary N) is 1. The summed E-state index contributed by atoms with van der Waals surface area (Å²) in [6.07, 6.45) is -3.17. The summed E-state index contributed by atoms with van der Waals surface area (Å²) in [7, 11) is 0. The van der Waals surface area contributed by atoms with Crippen molar-refractivity contribution in [1.82, 2.24) is 0 Å². The maximum atomic E-state index is 12.7. The van der Waals surface area contributed by atoms with Crippen LogP contribution in [0, 0.1) is 0 Å². The molecule has 2 rings (SSSR count). The van der Waals surface area contributed by atoms with Gasteiger partial charge in [-0.05, 0) is 23.8 Å². The number of amidine groups is 1. The average Bonchev–Trinajstić information content (AvgIpc) is 2.54. The SMILES string of the molecule is NC(=NN=Cc1cc(C(F)(F)F)ccc1Br)SCc1ccccc1. The highest BCUT2D eigenvalue weighted by atomic mass is 79.9. The number of benzene rings is 2. The number of thioether (sulfide) groups is 1. The lowest BCUT2D eigenvalue weighted by Crippen LogP contribution is -2.06. The molecule has 0 spiro atoms. The average molecular weight is 416 g/mol. The molecule has 0 fully saturated rings. The van der Waals surface area contributed by atoms with Crippen LogP contribution in [0.3, 0.4) is 0 Å². The standard InChI is InChI=1S/C16H13BrF3N3S/c17-14-7-6-13(16(18,19)20)8-12(14)9-22-23-15(21)24-10-11-4-2-1-3-5-11/h1-9H,10H2,(H2,21,23). The van der Waals surface area contributed by atoms with Crippen LogP contribution in [0.2, 0.25) is 0 Å². The van der Waals surface area contributed by atoms with E-state index in [4.69, 9.17) is 5.73 Å². The van der Waals surface area contributed by atoms with Gasteiger partial charge in [-0.1, -0.05) is 58.0 Å². The van der Waals surface area contributed by atoms with Gasteiger partial charge in [0.2, 0.25) is 0 Å². The molecule has 0 saturated heterocycles. The van der Waals surface area contributed by atoms with E-state index in [2.05, 4.69) is 26.1 Å². The molecule has 0 heterocycles. The molecule has 0 aromatic heterocycles. The Morgan fingerprint density at radius 2 is 1.88 bits per heavy atom. The van der Waals surface area contributed by atoms with E-state index in [1.54, 1.807) is 0 Å². The zero-order chi connectivity index (χ0) is 17.6. The van der Waals surface area contributed by atoms with Crippen molar-refractivity contribution in [2.45, 2.75) is 11.9 Å². The molecule has 0 saturated carbocycles. The minimum atomic E-state index is -4.41. The van der Waals surface area contributed by atoms with Gasteiger partial charge in [-0.3, -0.25) is 0 Å². The molecule has 0 aliphatic carbocycles. The monoisotopic (exact) mass is 415 g/mol. The van der Waals surface area contributed by atoms with Crippen LogP contribution in [0.4, 0.5) is 13.2 Å². The lowest BCUT2D eigenvalue weighted by atomic mass is 10.1. The van der Waals surface area contributed by atoms with Crippen molar-refractivity contribution in [3.05, 3.63) is 69.7 Å². The number of hydrogen-bond donors (Lipinski definition) is 1. The van der Waals surface area contributed by atoms with Gasteiger partial charge in [-0.2, -0.15) is 18.3 Å². The zero-order valence-corrected chi connectivity index (χ0v) is 14.7. The summed E-state index contributed by atoms with van der Waals surface area (Å²) in [6, 6.07) is 13.0. The highest BCUT2D eigenvalue weighted by Crippen LogP contribution is 2.31. The van der Waals surface area contributed by atoms with E-state index in [1.807, 2.05) is 30.3 Å². The van der Waals surface area contributed by atoms with Gasteiger partial charge < -0.3 is 5.73 Å². The highest BCUT2D eigenvalue weighted by Gasteiger charge is 2.30. The van der Waals surface area contributed by atoms with Crippen molar-refractivity contribution in [1.29, 1.82) is 0 Å². The van der Waals surface area contributed by atoms with Crippen LogP contribution in [0.15, 0.2) is 63.2 Å². The minimum absolute atomic E-state index is 0.234. The second-order valence-electron chi connectivity index (χ2n) is 4.69. The first-order chi connectivity index (χ1) is 11.4. The Kier molecular flexibility index (Phi) is 6.44. The van der Waals surface area contributed by atoms with E-state index >= 15 is 0 Å². The van der Waals surface area contributed by atoms with Crippen molar-refractivity contribution in [3.8, 4) is 0 Å². The first kappa shape index (κ1) is 18.5. The van der Waals surface area contributed by atoms with E-state index in [1.165, 1.54) is 24.0 Å². The van der Waals surface area contributed by atoms with E-state index in [0.29, 0.717) is 10.2 Å². The van der Waals surface area contributed by atoms with Crippen LogP contribution in [0.1, 0.15) is 16.7 Å². The molecule has 126 valence electrons. The fourth-order valence-corrected chi connectivity index (χ4v) is 2.69. The molecule has 0 aliphatic heterocycles. The molecule has 0 bridgehead atoms. The maximum Gasteiger partial charge on any atom is 0.416 e. The number of halogens is 4. The van der Waals surface area contributed by atoms with Crippen LogP contribution in [-0.4, -0.2) is 11.4 Å². The second-order valence-corrected chi connectivity index (χ2v) is 6.54. The largest absolute Gasteiger partial charge is 0.416 e. The van der Waals surface area contributed by atoms with Gasteiger partial charge in [-0.15, -0.1) is 5.10 Å². The van der Waals surface area contributed by atoms with Crippen LogP contribution in [0.5, 0.6) is 0 Å². The Hall–Kier alpha value is -1.80. The Bertz CT molecular complexity index is 746. The van der Waals surface area contributed by atoms with Crippen molar-refractivity contribution in [3.63, 3.8) is 0 Å². The van der Waals surface area contributed by atoms with Crippen molar-refractivity contribution in [2.75, 3.05) is 0 Å².